The lowest BCUT2D eigenvalue weighted by atomic mass is 10.1. The van der Waals surface area contributed by atoms with Gasteiger partial charge in [-0.1, -0.05) is 18.2 Å². The maximum atomic E-state index is 12.4. The molecule has 1 heterocycles. The van der Waals surface area contributed by atoms with E-state index in [1.807, 2.05) is 30.7 Å². The maximum absolute atomic E-state index is 12.4. The summed E-state index contributed by atoms with van der Waals surface area (Å²) in [7, 11) is 0. The van der Waals surface area contributed by atoms with Gasteiger partial charge in [0.05, 0.1) is 6.33 Å². The molecule has 2 rings (SSSR count). The summed E-state index contributed by atoms with van der Waals surface area (Å²) in [5, 5.41) is 3.37. The van der Waals surface area contributed by atoms with Gasteiger partial charge in [-0.25, -0.2) is 4.98 Å². The van der Waals surface area contributed by atoms with Crippen LogP contribution in [0.15, 0.2) is 43.0 Å². The number of benzene rings is 1. The molecular formula is C15H19F2N3O. The van der Waals surface area contributed by atoms with Crippen LogP contribution in [0.4, 0.5) is 8.78 Å². The highest BCUT2D eigenvalue weighted by molar-refractivity contribution is 5.35. The van der Waals surface area contributed by atoms with Crippen molar-refractivity contribution < 1.29 is 13.5 Å². The molecule has 0 saturated carbocycles. The Morgan fingerprint density at radius 3 is 2.71 bits per heavy atom. The first-order valence-corrected chi connectivity index (χ1v) is 6.81. The largest absolute Gasteiger partial charge is 0.434 e. The minimum absolute atomic E-state index is 0.0986. The monoisotopic (exact) mass is 295 g/mol. The molecule has 0 radical (unpaired) electrons. The van der Waals surface area contributed by atoms with Gasteiger partial charge in [-0.05, 0) is 19.9 Å². The van der Waals surface area contributed by atoms with Gasteiger partial charge in [0.2, 0.25) is 0 Å². The minimum atomic E-state index is -2.82. The molecule has 0 aliphatic rings. The first-order valence-electron chi connectivity index (χ1n) is 6.81. The zero-order valence-corrected chi connectivity index (χ0v) is 12.0. The molecule has 2 unspecified atom stereocenters. The molecule has 0 saturated heterocycles. The normalized spacial score (nSPS) is 14.1. The van der Waals surface area contributed by atoms with Crippen molar-refractivity contribution in [1.29, 1.82) is 0 Å². The third-order valence-electron chi connectivity index (χ3n) is 3.18. The maximum Gasteiger partial charge on any atom is 0.387 e. The molecule has 0 fully saturated rings. The number of aromatic nitrogens is 2. The Morgan fingerprint density at radius 2 is 2.05 bits per heavy atom. The molecule has 21 heavy (non-hydrogen) atoms. The van der Waals surface area contributed by atoms with Crippen LogP contribution in [0.2, 0.25) is 0 Å². The molecule has 2 aromatic rings. The zero-order valence-electron chi connectivity index (χ0n) is 12.0. The van der Waals surface area contributed by atoms with Crippen LogP contribution in [0.1, 0.15) is 25.5 Å². The fraction of sp³-hybridized carbons (Fsp3) is 0.400. The molecule has 0 spiro atoms. The van der Waals surface area contributed by atoms with Crippen molar-refractivity contribution in [3.8, 4) is 5.75 Å². The summed E-state index contributed by atoms with van der Waals surface area (Å²) in [5.41, 5.74) is 0.718. The highest BCUT2D eigenvalue weighted by atomic mass is 19.3. The number of nitrogens with one attached hydrogen (secondary N) is 1. The minimum Gasteiger partial charge on any atom is -0.434 e. The summed E-state index contributed by atoms with van der Waals surface area (Å²) < 4.78 is 31.4. The number of hydrogen-bond acceptors (Lipinski definition) is 3. The molecule has 1 aromatic carbocycles. The SMILES string of the molecule is CC(Cn1ccnc1)NC(C)c1ccccc1OC(F)F. The van der Waals surface area contributed by atoms with Crippen molar-refractivity contribution in [3.05, 3.63) is 48.5 Å². The van der Waals surface area contributed by atoms with Gasteiger partial charge in [0.25, 0.3) is 0 Å². The molecule has 4 nitrogen and oxygen atoms in total. The van der Waals surface area contributed by atoms with Crippen LogP contribution < -0.4 is 10.1 Å². The number of alkyl halides is 2. The number of nitrogens with zero attached hydrogens (tertiary/aromatic N) is 2. The van der Waals surface area contributed by atoms with E-state index in [0.29, 0.717) is 0 Å². The van der Waals surface area contributed by atoms with Crippen molar-refractivity contribution in [2.45, 2.75) is 39.1 Å². The first-order chi connectivity index (χ1) is 10.1. The van der Waals surface area contributed by atoms with Gasteiger partial charge in [-0.15, -0.1) is 0 Å². The van der Waals surface area contributed by atoms with Crippen molar-refractivity contribution in [1.82, 2.24) is 14.9 Å². The lowest BCUT2D eigenvalue weighted by molar-refractivity contribution is -0.0506. The van der Waals surface area contributed by atoms with Crippen molar-refractivity contribution in [2.24, 2.45) is 0 Å². The van der Waals surface area contributed by atoms with E-state index in [1.165, 1.54) is 0 Å². The van der Waals surface area contributed by atoms with E-state index in [0.717, 1.165) is 12.1 Å². The standard InChI is InChI=1S/C15H19F2N3O/c1-11(9-20-8-7-18-10-20)19-12(2)13-5-3-4-6-14(13)21-15(16)17/h3-8,10-12,15,19H,9H2,1-2H3. The predicted molar refractivity (Wildman–Crippen MR) is 76.3 cm³/mol. The van der Waals surface area contributed by atoms with Gasteiger partial charge in [0.1, 0.15) is 5.75 Å². The molecule has 1 N–H and O–H groups in total. The predicted octanol–water partition coefficient (Wildman–Crippen LogP) is 3.22. The number of ether oxygens (including phenoxy) is 1. The second kappa shape index (κ2) is 7.17. The molecule has 0 amide bonds. The Hall–Kier alpha value is -1.95. The average molecular weight is 295 g/mol. The van der Waals surface area contributed by atoms with Gasteiger partial charge in [0.15, 0.2) is 0 Å². The fourth-order valence-corrected chi connectivity index (χ4v) is 2.32. The molecule has 0 aliphatic carbocycles. The second-order valence-electron chi connectivity index (χ2n) is 4.97. The van der Waals surface area contributed by atoms with E-state index in [-0.39, 0.29) is 17.8 Å². The molecule has 0 aliphatic heterocycles. The Labute approximate surface area is 122 Å². The second-order valence-corrected chi connectivity index (χ2v) is 4.97. The van der Waals surface area contributed by atoms with Crippen molar-refractivity contribution in [2.75, 3.05) is 0 Å². The van der Waals surface area contributed by atoms with Crippen LogP contribution in [0, 0.1) is 0 Å². The van der Waals surface area contributed by atoms with Gasteiger partial charge in [0, 0.05) is 36.6 Å². The molecule has 114 valence electrons. The highest BCUT2D eigenvalue weighted by Gasteiger charge is 2.16. The molecule has 1 aromatic heterocycles. The van der Waals surface area contributed by atoms with Gasteiger partial charge in [-0.2, -0.15) is 8.78 Å². The third kappa shape index (κ3) is 4.53. The summed E-state index contributed by atoms with van der Waals surface area (Å²) >= 11 is 0. The molecule has 6 heteroatoms. The van der Waals surface area contributed by atoms with Crippen LogP contribution in [0.5, 0.6) is 5.75 Å². The zero-order chi connectivity index (χ0) is 15.2. The van der Waals surface area contributed by atoms with E-state index < -0.39 is 6.61 Å². The highest BCUT2D eigenvalue weighted by Crippen LogP contribution is 2.26. The summed E-state index contributed by atoms with van der Waals surface area (Å²) in [5.74, 6) is 0.210. The van der Waals surface area contributed by atoms with Gasteiger partial charge >= 0.3 is 6.61 Å². The van der Waals surface area contributed by atoms with Crippen LogP contribution in [-0.4, -0.2) is 22.2 Å². The van der Waals surface area contributed by atoms with Crippen molar-refractivity contribution in [3.63, 3.8) is 0 Å². The number of para-hydroxylation sites is 1. The number of halogens is 2. The third-order valence-corrected chi connectivity index (χ3v) is 3.18. The molecule has 0 bridgehead atoms. The summed E-state index contributed by atoms with van der Waals surface area (Å²) in [6.07, 6.45) is 5.36. The summed E-state index contributed by atoms with van der Waals surface area (Å²) in [6, 6.07) is 6.90. The van der Waals surface area contributed by atoms with Crippen LogP contribution in [0.25, 0.3) is 0 Å². The number of imidazole rings is 1. The van der Waals surface area contributed by atoms with Gasteiger partial charge in [-0.3, -0.25) is 0 Å². The lowest BCUT2D eigenvalue weighted by Crippen LogP contribution is -2.32. The summed E-state index contributed by atoms with van der Waals surface area (Å²) in [4.78, 5) is 3.99. The topological polar surface area (TPSA) is 39.1 Å². The lowest BCUT2D eigenvalue weighted by Gasteiger charge is -2.22. The van der Waals surface area contributed by atoms with E-state index in [9.17, 15) is 8.78 Å². The fourth-order valence-electron chi connectivity index (χ4n) is 2.32. The Morgan fingerprint density at radius 1 is 1.29 bits per heavy atom. The average Bonchev–Trinajstić information content (AvgIpc) is 2.91. The first kappa shape index (κ1) is 15.4. The number of hydrogen-bond donors (Lipinski definition) is 1. The van der Waals surface area contributed by atoms with E-state index in [1.54, 1.807) is 30.7 Å². The molecule has 2 atom stereocenters. The van der Waals surface area contributed by atoms with Crippen molar-refractivity contribution >= 4 is 0 Å². The smallest absolute Gasteiger partial charge is 0.387 e. The van der Waals surface area contributed by atoms with Crippen LogP contribution in [-0.2, 0) is 6.54 Å². The Kier molecular flexibility index (Phi) is 5.27. The van der Waals surface area contributed by atoms with Crippen LogP contribution in [0.3, 0.4) is 0 Å². The Balaban J connectivity index is 2.00. The number of rotatable bonds is 7. The van der Waals surface area contributed by atoms with Gasteiger partial charge < -0.3 is 14.6 Å². The quantitative estimate of drug-likeness (QED) is 0.852. The Bertz CT molecular complexity index is 546. The van der Waals surface area contributed by atoms with Crippen LogP contribution >= 0.6 is 0 Å². The van der Waals surface area contributed by atoms with E-state index in [2.05, 4.69) is 15.0 Å². The summed E-state index contributed by atoms with van der Waals surface area (Å²) in [6.45, 7) is 1.90. The molecular weight excluding hydrogens is 276 g/mol. The van der Waals surface area contributed by atoms with E-state index in [4.69, 9.17) is 0 Å². The van der Waals surface area contributed by atoms with E-state index >= 15 is 0 Å².